The van der Waals surface area contributed by atoms with Gasteiger partial charge in [-0.1, -0.05) is 30.3 Å². The van der Waals surface area contributed by atoms with E-state index in [1.54, 1.807) is 6.20 Å². The quantitative estimate of drug-likeness (QED) is 0.923. The number of carbonyl (C=O) groups is 1. The molecule has 0 saturated carbocycles. The fourth-order valence-corrected chi connectivity index (χ4v) is 2.99. The Morgan fingerprint density at radius 3 is 2.96 bits per heavy atom. The van der Waals surface area contributed by atoms with Gasteiger partial charge < -0.3 is 9.64 Å². The average molecular weight is 313 g/mol. The van der Waals surface area contributed by atoms with E-state index < -0.39 is 0 Å². The van der Waals surface area contributed by atoms with E-state index >= 15 is 0 Å². The molecule has 122 valence electrons. The maximum Gasteiger partial charge on any atom is 0.257 e. The fourth-order valence-electron chi connectivity index (χ4n) is 2.99. The first kappa shape index (κ1) is 15.7. The van der Waals surface area contributed by atoms with Crippen molar-refractivity contribution in [1.29, 1.82) is 0 Å². The molecule has 3 rings (SSSR count). The van der Waals surface area contributed by atoms with Gasteiger partial charge >= 0.3 is 0 Å². The Balaban J connectivity index is 1.50. The van der Waals surface area contributed by atoms with E-state index in [0.717, 1.165) is 25.0 Å². The Morgan fingerprint density at radius 2 is 2.22 bits per heavy atom. The van der Waals surface area contributed by atoms with Crippen LogP contribution in [0.15, 0.2) is 36.5 Å². The van der Waals surface area contributed by atoms with Crippen LogP contribution in [-0.2, 0) is 11.2 Å². The van der Waals surface area contributed by atoms with Crippen molar-refractivity contribution >= 4 is 5.91 Å². The molecule has 2 aromatic rings. The molecule has 0 radical (unpaired) electrons. The molecule has 1 aromatic carbocycles. The Morgan fingerprint density at radius 1 is 1.39 bits per heavy atom. The lowest BCUT2D eigenvalue weighted by atomic mass is 10.0. The largest absolute Gasteiger partial charge is 0.375 e. The minimum absolute atomic E-state index is 0.0487. The second-order valence-electron chi connectivity index (χ2n) is 6.03. The summed E-state index contributed by atoms with van der Waals surface area (Å²) in [5, 5.41) is 6.76. The van der Waals surface area contributed by atoms with Gasteiger partial charge in [-0.05, 0) is 31.7 Å². The van der Waals surface area contributed by atoms with Crippen LogP contribution in [0.3, 0.4) is 0 Å². The SMILES string of the molecule is Cc1[nH]ncc1C(=O)N1CCO[C@@H](CCCc2ccccc2)C1. The minimum atomic E-state index is 0.0487. The first-order chi connectivity index (χ1) is 11.2. The van der Waals surface area contributed by atoms with Crippen molar-refractivity contribution in [2.45, 2.75) is 32.3 Å². The summed E-state index contributed by atoms with van der Waals surface area (Å²) < 4.78 is 5.83. The first-order valence-electron chi connectivity index (χ1n) is 8.19. The number of benzene rings is 1. The first-order valence-corrected chi connectivity index (χ1v) is 8.19. The molecule has 2 heterocycles. The summed E-state index contributed by atoms with van der Waals surface area (Å²) in [6, 6.07) is 10.5. The lowest BCUT2D eigenvalue weighted by Crippen LogP contribution is -2.45. The molecular weight excluding hydrogens is 290 g/mol. The van der Waals surface area contributed by atoms with Gasteiger partial charge in [0.25, 0.3) is 5.91 Å². The number of aryl methyl sites for hydroxylation is 2. The van der Waals surface area contributed by atoms with Crippen LogP contribution in [0.25, 0.3) is 0 Å². The van der Waals surface area contributed by atoms with Crippen molar-refractivity contribution in [3.63, 3.8) is 0 Å². The van der Waals surface area contributed by atoms with Crippen LogP contribution in [0.5, 0.6) is 0 Å². The predicted octanol–water partition coefficient (Wildman–Crippen LogP) is 2.58. The van der Waals surface area contributed by atoms with Crippen molar-refractivity contribution in [3.05, 3.63) is 53.3 Å². The molecule has 1 atom stereocenters. The summed E-state index contributed by atoms with van der Waals surface area (Å²) in [6.07, 6.45) is 4.83. The zero-order valence-electron chi connectivity index (χ0n) is 13.5. The molecule has 1 aromatic heterocycles. The molecule has 5 heteroatoms. The lowest BCUT2D eigenvalue weighted by Gasteiger charge is -2.33. The molecule has 5 nitrogen and oxygen atoms in total. The average Bonchev–Trinajstić information content (AvgIpc) is 3.01. The highest BCUT2D eigenvalue weighted by atomic mass is 16.5. The van der Waals surface area contributed by atoms with Gasteiger partial charge in [-0.2, -0.15) is 5.10 Å². The van der Waals surface area contributed by atoms with Crippen molar-refractivity contribution in [2.24, 2.45) is 0 Å². The van der Waals surface area contributed by atoms with Crippen LogP contribution in [0.2, 0.25) is 0 Å². The number of nitrogens with one attached hydrogen (secondary N) is 1. The maximum absolute atomic E-state index is 12.5. The van der Waals surface area contributed by atoms with Crippen molar-refractivity contribution < 1.29 is 9.53 Å². The highest BCUT2D eigenvalue weighted by molar-refractivity contribution is 5.95. The number of aromatic amines is 1. The van der Waals surface area contributed by atoms with Crippen LogP contribution < -0.4 is 0 Å². The molecule has 1 aliphatic rings. The van der Waals surface area contributed by atoms with E-state index in [2.05, 4.69) is 34.5 Å². The third-order valence-electron chi connectivity index (χ3n) is 4.32. The van der Waals surface area contributed by atoms with Crippen molar-refractivity contribution in [3.8, 4) is 0 Å². The van der Waals surface area contributed by atoms with Crippen molar-refractivity contribution in [2.75, 3.05) is 19.7 Å². The number of H-pyrrole nitrogens is 1. The highest BCUT2D eigenvalue weighted by Crippen LogP contribution is 2.16. The Hall–Kier alpha value is -2.14. The van der Waals surface area contributed by atoms with Gasteiger partial charge in [-0.25, -0.2) is 0 Å². The standard InChI is InChI=1S/C18H23N3O2/c1-14-17(12-19-20-14)18(22)21-10-11-23-16(13-21)9-5-8-15-6-3-2-4-7-15/h2-4,6-7,12,16H,5,8-11,13H2,1H3,(H,19,20)/t16-/m0/s1. The van der Waals surface area contributed by atoms with Gasteiger partial charge in [0.2, 0.25) is 0 Å². The molecule has 1 amide bonds. The number of hydrogen-bond donors (Lipinski definition) is 1. The van der Waals surface area contributed by atoms with Crippen LogP contribution in [0.4, 0.5) is 0 Å². The van der Waals surface area contributed by atoms with Gasteiger partial charge in [0.15, 0.2) is 0 Å². The Labute approximate surface area is 136 Å². The fraction of sp³-hybridized carbons (Fsp3) is 0.444. The number of rotatable bonds is 5. The minimum Gasteiger partial charge on any atom is -0.375 e. The monoisotopic (exact) mass is 313 g/mol. The summed E-state index contributed by atoms with van der Waals surface area (Å²) in [7, 11) is 0. The van der Waals surface area contributed by atoms with E-state index in [9.17, 15) is 4.79 Å². The number of hydrogen-bond acceptors (Lipinski definition) is 3. The van der Waals surface area contributed by atoms with E-state index in [-0.39, 0.29) is 12.0 Å². The molecule has 1 aliphatic heterocycles. The molecule has 23 heavy (non-hydrogen) atoms. The van der Waals surface area contributed by atoms with E-state index in [1.165, 1.54) is 5.56 Å². The van der Waals surface area contributed by atoms with E-state index in [4.69, 9.17) is 4.74 Å². The van der Waals surface area contributed by atoms with Gasteiger partial charge in [0.1, 0.15) is 0 Å². The summed E-state index contributed by atoms with van der Waals surface area (Å²) in [4.78, 5) is 14.4. The van der Waals surface area contributed by atoms with Gasteiger partial charge in [-0.15, -0.1) is 0 Å². The molecule has 0 unspecified atom stereocenters. The predicted molar refractivity (Wildman–Crippen MR) is 88.3 cm³/mol. The van der Waals surface area contributed by atoms with Crippen LogP contribution in [0, 0.1) is 6.92 Å². The third-order valence-corrected chi connectivity index (χ3v) is 4.32. The van der Waals surface area contributed by atoms with E-state index in [0.29, 0.717) is 25.3 Å². The maximum atomic E-state index is 12.5. The zero-order valence-corrected chi connectivity index (χ0v) is 13.5. The summed E-state index contributed by atoms with van der Waals surface area (Å²) in [5.74, 6) is 0.0487. The van der Waals surface area contributed by atoms with Gasteiger partial charge in [0, 0.05) is 18.8 Å². The van der Waals surface area contributed by atoms with Gasteiger partial charge in [-0.3, -0.25) is 9.89 Å². The second-order valence-corrected chi connectivity index (χ2v) is 6.03. The number of aromatic nitrogens is 2. The number of amides is 1. The number of nitrogens with zero attached hydrogens (tertiary/aromatic N) is 2. The van der Waals surface area contributed by atoms with Gasteiger partial charge in [0.05, 0.1) is 24.5 Å². The van der Waals surface area contributed by atoms with Crippen LogP contribution in [-0.4, -0.2) is 46.8 Å². The topological polar surface area (TPSA) is 58.2 Å². The second kappa shape index (κ2) is 7.42. The summed E-state index contributed by atoms with van der Waals surface area (Å²) in [5.41, 5.74) is 2.84. The Bertz CT molecular complexity index is 639. The lowest BCUT2D eigenvalue weighted by molar-refractivity contribution is -0.0255. The zero-order chi connectivity index (χ0) is 16.1. The van der Waals surface area contributed by atoms with Crippen LogP contribution >= 0.6 is 0 Å². The molecule has 0 aliphatic carbocycles. The smallest absolute Gasteiger partial charge is 0.257 e. The molecule has 0 spiro atoms. The molecule has 1 fully saturated rings. The molecule has 1 N–H and O–H groups in total. The van der Waals surface area contributed by atoms with Crippen LogP contribution in [0.1, 0.15) is 34.5 Å². The van der Waals surface area contributed by atoms with Crippen molar-refractivity contribution in [1.82, 2.24) is 15.1 Å². The van der Waals surface area contributed by atoms with E-state index in [1.807, 2.05) is 17.9 Å². The normalized spacial score (nSPS) is 18.1. The molecular formula is C18H23N3O2. The number of morpholine rings is 1. The third kappa shape index (κ3) is 3.99. The number of carbonyl (C=O) groups excluding carboxylic acids is 1. The highest BCUT2D eigenvalue weighted by Gasteiger charge is 2.26. The molecule has 1 saturated heterocycles. The Kier molecular flexibility index (Phi) is 5.08. The summed E-state index contributed by atoms with van der Waals surface area (Å²) in [6.45, 7) is 3.80. The molecule has 0 bridgehead atoms. The summed E-state index contributed by atoms with van der Waals surface area (Å²) >= 11 is 0. The number of ether oxygens (including phenoxy) is 1.